The minimum absolute atomic E-state index is 0.135. The monoisotopic (exact) mass is 291 g/mol. The minimum Gasteiger partial charge on any atom is -0.493 e. The Labute approximate surface area is 122 Å². The van der Waals surface area contributed by atoms with E-state index in [0.29, 0.717) is 5.02 Å². The Morgan fingerprint density at radius 3 is 2.90 bits per heavy atom. The molecule has 2 aromatic rings. The summed E-state index contributed by atoms with van der Waals surface area (Å²) in [5.74, 6) is 0.656. The Balaban J connectivity index is 2.03. The van der Waals surface area contributed by atoms with Gasteiger partial charge in [0.1, 0.15) is 11.6 Å². The van der Waals surface area contributed by atoms with E-state index in [2.05, 4.69) is 11.4 Å². The average molecular weight is 292 g/mol. The van der Waals surface area contributed by atoms with Crippen molar-refractivity contribution in [1.82, 2.24) is 5.32 Å². The molecule has 2 nitrogen and oxygen atoms in total. The number of benzene rings is 2. The van der Waals surface area contributed by atoms with Gasteiger partial charge in [0.05, 0.1) is 12.6 Å². The molecular formula is C16H15ClFNO. The normalized spacial score (nSPS) is 14.8. The van der Waals surface area contributed by atoms with Crippen molar-refractivity contribution in [2.75, 3.05) is 13.7 Å². The first-order chi connectivity index (χ1) is 9.69. The summed E-state index contributed by atoms with van der Waals surface area (Å²) in [6.07, 6.45) is 0.913. The van der Waals surface area contributed by atoms with Gasteiger partial charge in [-0.1, -0.05) is 23.7 Å². The van der Waals surface area contributed by atoms with E-state index in [1.807, 2.05) is 19.2 Å². The van der Waals surface area contributed by atoms with Crippen molar-refractivity contribution in [2.45, 2.75) is 12.5 Å². The van der Waals surface area contributed by atoms with Crippen LogP contribution in [0.3, 0.4) is 0 Å². The summed E-state index contributed by atoms with van der Waals surface area (Å²) in [6.45, 7) is 0.726. The summed E-state index contributed by atoms with van der Waals surface area (Å²) >= 11 is 6.21. The van der Waals surface area contributed by atoms with Gasteiger partial charge in [0.15, 0.2) is 0 Å². The van der Waals surface area contributed by atoms with E-state index < -0.39 is 0 Å². The van der Waals surface area contributed by atoms with Crippen LogP contribution in [-0.4, -0.2) is 13.7 Å². The SMILES string of the molecule is CNC(c1ccc2c(c1)CCO2)c1cc(F)ccc1Cl. The van der Waals surface area contributed by atoms with Crippen molar-refractivity contribution < 1.29 is 9.13 Å². The molecule has 0 fully saturated rings. The molecule has 1 atom stereocenters. The number of rotatable bonds is 3. The largest absolute Gasteiger partial charge is 0.493 e. The summed E-state index contributed by atoms with van der Waals surface area (Å²) in [5.41, 5.74) is 2.99. The highest BCUT2D eigenvalue weighted by molar-refractivity contribution is 6.31. The van der Waals surface area contributed by atoms with E-state index >= 15 is 0 Å². The van der Waals surface area contributed by atoms with Crippen LogP contribution in [0.4, 0.5) is 4.39 Å². The number of ether oxygens (including phenoxy) is 1. The lowest BCUT2D eigenvalue weighted by Gasteiger charge is -2.19. The fraction of sp³-hybridized carbons (Fsp3) is 0.250. The van der Waals surface area contributed by atoms with Gasteiger partial charge in [-0.2, -0.15) is 0 Å². The standard InChI is InChI=1S/C16H15ClFNO/c1-19-16(13-9-12(18)3-4-14(13)17)11-2-5-15-10(8-11)6-7-20-15/h2-5,8-9,16,19H,6-7H2,1H3. The molecule has 20 heavy (non-hydrogen) atoms. The molecule has 1 heterocycles. The van der Waals surface area contributed by atoms with Crippen molar-refractivity contribution >= 4 is 11.6 Å². The zero-order valence-electron chi connectivity index (χ0n) is 11.1. The zero-order valence-corrected chi connectivity index (χ0v) is 11.9. The first kappa shape index (κ1) is 13.4. The van der Waals surface area contributed by atoms with Crippen molar-refractivity contribution in [3.05, 3.63) is 63.9 Å². The van der Waals surface area contributed by atoms with E-state index in [1.165, 1.54) is 17.7 Å². The third kappa shape index (κ3) is 2.39. The van der Waals surface area contributed by atoms with Gasteiger partial charge in [0.25, 0.3) is 0 Å². The Morgan fingerprint density at radius 2 is 2.10 bits per heavy atom. The second-order valence-corrected chi connectivity index (χ2v) is 5.26. The predicted octanol–water partition coefficient (Wildman–Crippen LogP) is 3.72. The van der Waals surface area contributed by atoms with Crippen LogP contribution in [0, 0.1) is 5.82 Å². The van der Waals surface area contributed by atoms with Crippen LogP contribution in [0.15, 0.2) is 36.4 Å². The molecule has 0 saturated carbocycles. The second-order valence-electron chi connectivity index (χ2n) is 4.85. The first-order valence-corrected chi connectivity index (χ1v) is 6.94. The van der Waals surface area contributed by atoms with Crippen LogP contribution >= 0.6 is 11.6 Å². The van der Waals surface area contributed by atoms with E-state index in [0.717, 1.165) is 29.9 Å². The Morgan fingerprint density at radius 1 is 1.25 bits per heavy atom. The first-order valence-electron chi connectivity index (χ1n) is 6.57. The van der Waals surface area contributed by atoms with Gasteiger partial charge in [-0.3, -0.25) is 0 Å². The van der Waals surface area contributed by atoms with Crippen molar-refractivity contribution in [3.63, 3.8) is 0 Å². The third-order valence-electron chi connectivity index (χ3n) is 3.60. The molecule has 0 aliphatic carbocycles. The van der Waals surface area contributed by atoms with Gasteiger partial charge >= 0.3 is 0 Å². The summed E-state index contributed by atoms with van der Waals surface area (Å²) in [4.78, 5) is 0. The smallest absolute Gasteiger partial charge is 0.123 e. The summed E-state index contributed by atoms with van der Waals surface area (Å²) < 4.78 is 19.0. The van der Waals surface area contributed by atoms with E-state index in [1.54, 1.807) is 6.07 Å². The van der Waals surface area contributed by atoms with Crippen molar-refractivity contribution in [3.8, 4) is 5.75 Å². The van der Waals surface area contributed by atoms with Gasteiger partial charge in [-0.15, -0.1) is 0 Å². The summed E-state index contributed by atoms with van der Waals surface area (Å²) in [5, 5.41) is 3.76. The average Bonchev–Trinajstić information content (AvgIpc) is 2.91. The Hall–Kier alpha value is -1.58. The molecule has 2 aromatic carbocycles. The van der Waals surface area contributed by atoms with Crippen LogP contribution < -0.4 is 10.1 Å². The van der Waals surface area contributed by atoms with Gasteiger partial charge < -0.3 is 10.1 Å². The number of hydrogen-bond donors (Lipinski definition) is 1. The quantitative estimate of drug-likeness (QED) is 0.930. The molecule has 1 aliphatic rings. The van der Waals surface area contributed by atoms with Gasteiger partial charge in [0.2, 0.25) is 0 Å². The molecule has 0 radical (unpaired) electrons. The topological polar surface area (TPSA) is 21.3 Å². The predicted molar refractivity (Wildman–Crippen MR) is 78.0 cm³/mol. The second kappa shape index (κ2) is 5.43. The number of nitrogens with one attached hydrogen (secondary N) is 1. The lowest BCUT2D eigenvalue weighted by molar-refractivity contribution is 0.357. The molecule has 4 heteroatoms. The van der Waals surface area contributed by atoms with Gasteiger partial charge in [-0.25, -0.2) is 4.39 Å². The molecular weight excluding hydrogens is 277 g/mol. The van der Waals surface area contributed by atoms with Crippen molar-refractivity contribution in [1.29, 1.82) is 0 Å². The highest BCUT2D eigenvalue weighted by Crippen LogP contribution is 2.33. The number of hydrogen-bond acceptors (Lipinski definition) is 2. The summed E-state index contributed by atoms with van der Waals surface area (Å²) in [7, 11) is 1.84. The Kier molecular flexibility index (Phi) is 3.64. The molecule has 1 N–H and O–H groups in total. The van der Waals surface area contributed by atoms with Crippen LogP contribution in [-0.2, 0) is 6.42 Å². The van der Waals surface area contributed by atoms with Gasteiger partial charge in [0, 0.05) is 11.4 Å². The minimum atomic E-state index is -0.283. The van der Waals surface area contributed by atoms with Crippen LogP contribution in [0.5, 0.6) is 5.75 Å². The molecule has 0 aromatic heterocycles. The Bertz CT molecular complexity index is 644. The fourth-order valence-electron chi connectivity index (χ4n) is 2.62. The maximum Gasteiger partial charge on any atom is 0.123 e. The molecule has 0 spiro atoms. The van der Waals surface area contributed by atoms with Crippen LogP contribution in [0.25, 0.3) is 0 Å². The molecule has 1 aliphatic heterocycles. The lowest BCUT2D eigenvalue weighted by Crippen LogP contribution is -2.18. The highest BCUT2D eigenvalue weighted by atomic mass is 35.5. The molecule has 0 saturated heterocycles. The van der Waals surface area contributed by atoms with E-state index in [9.17, 15) is 4.39 Å². The highest BCUT2D eigenvalue weighted by Gasteiger charge is 2.19. The van der Waals surface area contributed by atoms with Gasteiger partial charge in [-0.05, 0) is 48.0 Å². The molecule has 0 amide bonds. The number of fused-ring (bicyclic) bond motifs is 1. The van der Waals surface area contributed by atoms with Crippen LogP contribution in [0.2, 0.25) is 5.02 Å². The zero-order chi connectivity index (χ0) is 14.1. The van der Waals surface area contributed by atoms with Crippen LogP contribution in [0.1, 0.15) is 22.7 Å². The fourth-order valence-corrected chi connectivity index (χ4v) is 2.85. The van der Waals surface area contributed by atoms with E-state index in [4.69, 9.17) is 16.3 Å². The lowest BCUT2D eigenvalue weighted by atomic mass is 9.96. The molecule has 0 bridgehead atoms. The van der Waals surface area contributed by atoms with Crippen molar-refractivity contribution in [2.24, 2.45) is 0 Å². The maximum absolute atomic E-state index is 13.5. The molecule has 1 unspecified atom stereocenters. The summed E-state index contributed by atoms with van der Waals surface area (Å²) in [6, 6.07) is 10.4. The molecule has 104 valence electrons. The molecule has 3 rings (SSSR count). The van der Waals surface area contributed by atoms with E-state index in [-0.39, 0.29) is 11.9 Å². The third-order valence-corrected chi connectivity index (χ3v) is 3.95. The number of halogens is 2. The maximum atomic E-state index is 13.5.